The Labute approximate surface area is 123 Å². The Morgan fingerprint density at radius 1 is 1.20 bits per heavy atom. The van der Waals surface area contributed by atoms with Gasteiger partial charge in [-0.05, 0) is 30.2 Å². The summed E-state index contributed by atoms with van der Waals surface area (Å²) in [6.07, 6.45) is 3.29. The number of thiophene rings is 1. The lowest BCUT2D eigenvalue weighted by atomic mass is 9.86. The van der Waals surface area contributed by atoms with Crippen molar-refractivity contribution in [2.45, 2.75) is 23.5 Å². The Morgan fingerprint density at radius 2 is 1.95 bits per heavy atom. The zero-order valence-corrected chi connectivity index (χ0v) is 13.4. The predicted molar refractivity (Wildman–Crippen MR) is 78.6 cm³/mol. The van der Waals surface area contributed by atoms with E-state index < -0.39 is 20.0 Å². The molecule has 1 saturated carbocycles. The van der Waals surface area contributed by atoms with Crippen molar-refractivity contribution in [3.63, 3.8) is 0 Å². The first-order valence-electron chi connectivity index (χ1n) is 6.39. The topological polar surface area (TPSA) is 92.3 Å². The molecule has 0 unspecified atom stereocenters. The minimum absolute atomic E-state index is 0.125. The van der Waals surface area contributed by atoms with Crippen molar-refractivity contribution >= 4 is 31.4 Å². The van der Waals surface area contributed by atoms with Gasteiger partial charge in [0.2, 0.25) is 20.0 Å². The van der Waals surface area contributed by atoms with Gasteiger partial charge in [-0.1, -0.05) is 12.5 Å². The lowest BCUT2D eigenvalue weighted by Gasteiger charge is -2.25. The molecule has 9 heteroatoms. The van der Waals surface area contributed by atoms with E-state index in [0.29, 0.717) is 12.5 Å². The van der Waals surface area contributed by atoms with Crippen LogP contribution in [0.5, 0.6) is 0 Å². The zero-order chi connectivity index (χ0) is 14.6. The van der Waals surface area contributed by atoms with Crippen molar-refractivity contribution in [1.29, 1.82) is 0 Å². The molecule has 0 aromatic carbocycles. The van der Waals surface area contributed by atoms with E-state index >= 15 is 0 Å². The maximum Gasteiger partial charge on any atom is 0.250 e. The number of sulfonamides is 2. The van der Waals surface area contributed by atoms with Crippen LogP contribution in [0.4, 0.5) is 0 Å². The van der Waals surface area contributed by atoms with E-state index in [9.17, 15) is 16.8 Å². The fourth-order valence-electron chi connectivity index (χ4n) is 1.81. The highest BCUT2D eigenvalue weighted by molar-refractivity contribution is 7.91. The maximum absolute atomic E-state index is 11.8. The van der Waals surface area contributed by atoms with Crippen molar-refractivity contribution < 1.29 is 16.8 Å². The SMILES string of the molecule is O=S(=O)(CCNS(=O)(=O)c1cccs1)NCC1CCC1. The molecule has 0 spiro atoms. The van der Waals surface area contributed by atoms with Crippen LogP contribution in [-0.2, 0) is 20.0 Å². The van der Waals surface area contributed by atoms with Crippen LogP contribution in [0.25, 0.3) is 0 Å². The van der Waals surface area contributed by atoms with Crippen LogP contribution in [-0.4, -0.2) is 35.7 Å². The van der Waals surface area contributed by atoms with Crippen LogP contribution >= 0.6 is 11.3 Å². The van der Waals surface area contributed by atoms with E-state index in [1.807, 2.05) is 0 Å². The molecule has 0 bridgehead atoms. The number of hydrogen-bond donors (Lipinski definition) is 2. The summed E-state index contributed by atoms with van der Waals surface area (Å²) in [5, 5.41) is 1.66. The Balaban J connectivity index is 1.76. The van der Waals surface area contributed by atoms with E-state index in [2.05, 4.69) is 9.44 Å². The molecule has 0 radical (unpaired) electrons. The molecule has 1 aliphatic rings. The lowest BCUT2D eigenvalue weighted by molar-refractivity contribution is 0.316. The van der Waals surface area contributed by atoms with E-state index in [0.717, 1.165) is 30.6 Å². The molecule has 0 atom stereocenters. The largest absolute Gasteiger partial charge is 0.250 e. The van der Waals surface area contributed by atoms with Crippen LogP contribution in [0.1, 0.15) is 19.3 Å². The summed E-state index contributed by atoms with van der Waals surface area (Å²) in [7, 11) is -7.01. The molecule has 1 fully saturated rings. The normalized spacial score (nSPS) is 17.0. The number of nitrogens with one attached hydrogen (secondary N) is 2. The third-order valence-corrected chi connectivity index (χ3v) is 7.45. The van der Waals surface area contributed by atoms with Gasteiger partial charge in [0.1, 0.15) is 4.21 Å². The van der Waals surface area contributed by atoms with Gasteiger partial charge in [-0.3, -0.25) is 0 Å². The first kappa shape index (κ1) is 15.9. The van der Waals surface area contributed by atoms with Gasteiger partial charge < -0.3 is 0 Å². The predicted octanol–water partition coefficient (Wildman–Crippen LogP) is 0.746. The van der Waals surface area contributed by atoms with E-state index in [-0.39, 0.29) is 16.5 Å². The molecule has 1 aromatic rings. The standard InChI is InChI=1S/C11H18N2O4S3/c14-19(15,13-9-10-3-1-4-10)8-6-12-20(16,17)11-5-2-7-18-11/h2,5,7,10,12-13H,1,3-4,6,8-9H2. The molecular formula is C11H18N2O4S3. The van der Waals surface area contributed by atoms with E-state index in [4.69, 9.17) is 0 Å². The van der Waals surface area contributed by atoms with Gasteiger partial charge in [-0.2, -0.15) is 0 Å². The average Bonchev–Trinajstić information content (AvgIpc) is 2.79. The maximum atomic E-state index is 11.8. The van der Waals surface area contributed by atoms with Gasteiger partial charge in [-0.15, -0.1) is 11.3 Å². The average molecular weight is 338 g/mol. The molecule has 20 heavy (non-hydrogen) atoms. The Kier molecular flexibility index (Phi) is 5.19. The van der Waals surface area contributed by atoms with Gasteiger partial charge in [-0.25, -0.2) is 26.3 Å². The summed E-state index contributed by atoms with van der Waals surface area (Å²) in [5.41, 5.74) is 0. The van der Waals surface area contributed by atoms with E-state index in [1.54, 1.807) is 11.4 Å². The molecule has 0 aliphatic heterocycles. The molecule has 1 aromatic heterocycles. The summed E-state index contributed by atoms with van der Waals surface area (Å²) < 4.78 is 52.0. The van der Waals surface area contributed by atoms with Crippen LogP contribution in [0.2, 0.25) is 0 Å². The second kappa shape index (κ2) is 6.52. The molecule has 114 valence electrons. The quantitative estimate of drug-likeness (QED) is 0.731. The Bertz CT molecular complexity index is 619. The van der Waals surface area contributed by atoms with Gasteiger partial charge in [0, 0.05) is 13.1 Å². The summed E-state index contributed by atoms with van der Waals surface area (Å²) >= 11 is 1.10. The zero-order valence-electron chi connectivity index (χ0n) is 10.9. The second-order valence-electron chi connectivity index (χ2n) is 4.79. The van der Waals surface area contributed by atoms with Crippen molar-refractivity contribution in [1.82, 2.24) is 9.44 Å². The van der Waals surface area contributed by atoms with Gasteiger partial charge in [0.15, 0.2) is 0 Å². The minimum Gasteiger partial charge on any atom is -0.215 e. The van der Waals surface area contributed by atoms with Crippen LogP contribution in [0.15, 0.2) is 21.7 Å². The Morgan fingerprint density at radius 3 is 2.50 bits per heavy atom. The Hall–Kier alpha value is -0.480. The fraction of sp³-hybridized carbons (Fsp3) is 0.636. The molecule has 6 nitrogen and oxygen atoms in total. The summed E-state index contributed by atoms with van der Waals surface area (Å²) in [6, 6.07) is 3.12. The first-order valence-corrected chi connectivity index (χ1v) is 10.4. The van der Waals surface area contributed by atoms with Crippen LogP contribution in [0, 0.1) is 5.92 Å². The highest BCUT2D eigenvalue weighted by Crippen LogP contribution is 2.25. The summed E-state index contributed by atoms with van der Waals surface area (Å²) in [4.78, 5) is 0. The number of hydrogen-bond acceptors (Lipinski definition) is 5. The smallest absolute Gasteiger partial charge is 0.215 e. The highest BCUT2D eigenvalue weighted by Gasteiger charge is 2.21. The van der Waals surface area contributed by atoms with Crippen LogP contribution in [0.3, 0.4) is 0 Å². The summed E-state index contributed by atoms with van der Waals surface area (Å²) in [6.45, 7) is 0.334. The second-order valence-corrected chi connectivity index (χ2v) is 9.66. The lowest BCUT2D eigenvalue weighted by Crippen LogP contribution is -2.37. The fourth-order valence-corrected chi connectivity index (χ4v) is 5.02. The van der Waals surface area contributed by atoms with Crippen LogP contribution < -0.4 is 9.44 Å². The molecular weight excluding hydrogens is 320 g/mol. The molecule has 1 heterocycles. The minimum atomic E-state index is -3.59. The van der Waals surface area contributed by atoms with Gasteiger partial charge in [0.05, 0.1) is 5.75 Å². The highest BCUT2D eigenvalue weighted by atomic mass is 32.2. The van der Waals surface area contributed by atoms with Crippen molar-refractivity contribution in [3.8, 4) is 0 Å². The monoisotopic (exact) mass is 338 g/mol. The molecule has 2 rings (SSSR count). The van der Waals surface area contributed by atoms with Gasteiger partial charge >= 0.3 is 0 Å². The first-order chi connectivity index (χ1) is 9.39. The van der Waals surface area contributed by atoms with Gasteiger partial charge in [0.25, 0.3) is 0 Å². The van der Waals surface area contributed by atoms with E-state index in [1.165, 1.54) is 6.07 Å². The molecule has 2 N–H and O–H groups in total. The van der Waals surface area contributed by atoms with Crippen molar-refractivity contribution in [3.05, 3.63) is 17.5 Å². The van der Waals surface area contributed by atoms with Crippen molar-refractivity contribution in [2.75, 3.05) is 18.8 Å². The molecule has 0 amide bonds. The third kappa shape index (κ3) is 4.52. The van der Waals surface area contributed by atoms with Crippen molar-refractivity contribution in [2.24, 2.45) is 5.92 Å². The molecule has 0 saturated heterocycles. The third-order valence-electron chi connectivity index (χ3n) is 3.24. The summed E-state index contributed by atoms with van der Waals surface area (Å²) in [5.74, 6) is 0.192. The number of rotatable bonds is 8. The molecule has 1 aliphatic carbocycles.